The van der Waals surface area contributed by atoms with E-state index >= 15 is 0 Å². The first-order valence-electron chi connectivity index (χ1n) is 15.5. The van der Waals surface area contributed by atoms with Gasteiger partial charge in [-0.3, -0.25) is 9.69 Å². The molecule has 0 amide bonds. The van der Waals surface area contributed by atoms with Crippen LogP contribution in [-0.4, -0.2) is 48.2 Å². The normalized spacial score (nSPS) is 28.6. The van der Waals surface area contributed by atoms with Gasteiger partial charge in [-0.1, -0.05) is 50.7 Å². The highest BCUT2D eigenvalue weighted by molar-refractivity contribution is 5.67. The zero-order valence-electron chi connectivity index (χ0n) is 22.6. The topological polar surface area (TPSA) is 43.8 Å². The van der Waals surface area contributed by atoms with Gasteiger partial charge in [-0.25, -0.2) is 0 Å². The van der Waals surface area contributed by atoms with Gasteiger partial charge in [0.05, 0.1) is 0 Å². The van der Waals surface area contributed by atoms with Crippen LogP contribution < -0.4 is 4.90 Å². The summed E-state index contributed by atoms with van der Waals surface area (Å²) in [5, 5.41) is 9.57. The SMILES string of the molecule is O=C(O)C[C@@H]1CC[C@@H](N(CC2CCCCC2)CC2CCCCC2)[C@H](c2ccc(N3CCCC3)cc2)C1. The highest BCUT2D eigenvalue weighted by atomic mass is 16.4. The number of nitrogens with zero attached hydrogens (tertiary/aromatic N) is 2. The molecule has 1 saturated heterocycles. The Morgan fingerprint density at radius 2 is 1.33 bits per heavy atom. The Morgan fingerprint density at radius 3 is 1.89 bits per heavy atom. The van der Waals surface area contributed by atoms with E-state index in [0.717, 1.165) is 31.1 Å². The average molecular weight is 495 g/mol. The summed E-state index contributed by atoms with van der Waals surface area (Å²) in [4.78, 5) is 17.1. The van der Waals surface area contributed by atoms with Gasteiger partial charge >= 0.3 is 5.97 Å². The zero-order valence-corrected chi connectivity index (χ0v) is 22.6. The third kappa shape index (κ3) is 6.85. The molecule has 200 valence electrons. The lowest BCUT2D eigenvalue weighted by atomic mass is 9.72. The second kappa shape index (κ2) is 12.8. The molecule has 4 fully saturated rings. The molecule has 3 atom stereocenters. The lowest BCUT2D eigenvalue weighted by molar-refractivity contribution is -0.138. The van der Waals surface area contributed by atoms with E-state index in [1.54, 1.807) is 0 Å². The summed E-state index contributed by atoms with van der Waals surface area (Å²) in [5.74, 6) is 1.87. The number of aliphatic carboxylic acids is 1. The van der Waals surface area contributed by atoms with Gasteiger partial charge in [0, 0.05) is 44.3 Å². The molecule has 0 spiro atoms. The van der Waals surface area contributed by atoms with Crippen LogP contribution in [0.3, 0.4) is 0 Å². The molecule has 3 aliphatic carbocycles. The van der Waals surface area contributed by atoms with Crippen molar-refractivity contribution in [2.75, 3.05) is 31.1 Å². The number of anilines is 1. The molecule has 0 bridgehead atoms. The van der Waals surface area contributed by atoms with Gasteiger partial charge in [0.2, 0.25) is 0 Å². The first kappa shape index (κ1) is 26.1. The largest absolute Gasteiger partial charge is 0.481 e. The van der Waals surface area contributed by atoms with Crippen LogP contribution in [0.5, 0.6) is 0 Å². The first-order chi connectivity index (χ1) is 17.7. The van der Waals surface area contributed by atoms with Crippen LogP contribution in [0.1, 0.15) is 114 Å². The van der Waals surface area contributed by atoms with Gasteiger partial charge < -0.3 is 10.0 Å². The van der Waals surface area contributed by atoms with Gasteiger partial charge in [-0.15, -0.1) is 0 Å². The number of carboxylic acid groups (broad SMARTS) is 1. The number of hydrogen-bond acceptors (Lipinski definition) is 3. The Kier molecular flexibility index (Phi) is 9.27. The van der Waals surface area contributed by atoms with E-state index in [2.05, 4.69) is 34.1 Å². The van der Waals surface area contributed by atoms with E-state index in [4.69, 9.17) is 0 Å². The predicted octanol–water partition coefficient (Wildman–Crippen LogP) is 7.48. The molecular formula is C32H50N2O2. The van der Waals surface area contributed by atoms with Crippen molar-refractivity contribution < 1.29 is 9.90 Å². The summed E-state index contributed by atoms with van der Waals surface area (Å²) >= 11 is 0. The molecule has 1 heterocycles. The number of hydrogen-bond donors (Lipinski definition) is 1. The van der Waals surface area contributed by atoms with Crippen LogP contribution in [0.2, 0.25) is 0 Å². The fourth-order valence-corrected chi connectivity index (χ4v) is 8.13. The molecule has 36 heavy (non-hydrogen) atoms. The summed E-state index contributed by atoms with van der Waals surface area (Å²) in [6.45, 7) is 4.91. The summed E-state index contributed by atoms with van der Waals surface area (Å²) in [6.07, 6.45) is 20.3. The minimum absolute atomic E-state index is 0.313. The van der Waals surface area contributed by atoms with E-state index in [1.165, 1.54) is 114 Å². The molecule has 3 saturated carbocycles. The van der Waals surface area contributed by atoms with Crippen molar-refractivity contribution >= 4 is 11.7 Å². The second-order valence-corrected chi connectivity index (χ2v) is 12.7. The molecule has 1 aromatic carbocycles. The van der Waals surface area contributed by atoms with Crippen molar-refractivity contribution in [2.24, 2.45) is 17.8 Å². The van der Waals surface area contributed by atoms with E-state index in [-0.39, 0.29) is 0 Å². The maximum Gasteiger partial charge on any atom is 0.303 e. The fraction of sp³-hybridized carbons (Fsp3) is 0.781. The molecule has 1 aromatic rings. The molecule has 1 N–H and O–H groups in total. The molecule has 5 rings (SSSR count). The average Bonchev–Trinajstić information content (AvgIpc) is 3.45. The first-order valence-corrected chi connectivity index (χ1v) is 15.5. The van der Waals surface area contributed by atoms with Crippen LogP contribution in [0.25, 0.3) is 0 Å². The van der Waals surface area contributed by atoms with Gasteiger partial charge in [0.25, 0.3) is 0 Å². The van der Waals surface area contributed by atoms with Crippen LogP contribution in [0.4, 0.5) is 5.69 Å². The third-order valence-corrected chi connectivity index (χ3v) is 10.1. The van der Waals surface area contributed by atoms with Crippen molar-refractivity contribution in [3.8, 4) is 0 Å². The summed E-state index contributed by atoms with van der Waals surface area (Å²) in [7, 11) is 0. The number of carbonyl (C=O) groups is 1. The van der Waals surface area contributed by atoms with E-state index in [1.807, 2.05) is 0 Å². The molecule has 0 unspecified atom stereocenters. The molecule has 0 radical (unpaired) electrons. The van der Waals surface area contributed by atoms with Crippen molar-refractivity contribution in [3.05, 3.63) is 29.8 Å². The monoisotopic (exact) mass is 494 g/mol. The van der Waals surface area contributed by atoms with Crippen LogP contribution in [0.15, 0.2) is 24.3 Å². The van der Waals surface area contributed by atoms with E-state index in [0.29, 0.717) is 24.3 Å². The Bertz CT molecular complexity index is 786. The zero-order chi connectivity index (χ0) is 24.7. The highest BCUT2D eigenvalue weighted by Crippen LogP contribution is 2.42. The van der Waals surface area contributed by atoms with Gasteiger partial charge in [-0.2, -0.15) is 0 Å². The van der Waals surface area contributed by atoms with Gasteiger partial charge in [0.1, 0.15) is 0 Å². The highest BCUT2D eigenvalue weighted by Gasteiger charge is 2.37. The van der Waals surface area contributed by atoms with E-state index < -0.39 is 5.97 Å². The molecule has 4 heteroatoms. The van der Waals surface area contributed by atoms with Crippen LogP contribution >= 0.6 is 0 Å². The number of carboxylic acids is 1. The van der Waals surface area contributed by atoms with Crippen LogP contribution in [0, 0.1) is 17.8 Å². The summed E-state index contributed by atoms with van der Waals surface area (Å²) < 4.78 is 0. The lowest BCUT2D eigenvalue weighted by Crippen LogP contribution is -2.47. The lowest BCUT2D eigenvalue weighted by Gasteiger charge is -2.46. The fourth-order valence-electron chi connectivity index (χ4n) is 8.13. The molecule has 0 aromatic heterocycles. The Morgan fingerprint density at radius 1 is 0.750 bits per heavy atom. The standard InChI is InChI=1S/C32H50N2O2/c35-32(36)22-27-13-18-31(30(21-27)28-14-16-29(17-15-28)33-19-7-8-20-33)34(23-25-9-3-1-4-10-25)24-26-11-5-2-6-12-26/h14-17,25-27,30-31H,1-13,18-24H2,(H,35,36)/t27-,30+,31-/m1/s1. The molecule has 4 nitrogen and oxygen atoms in total. The smallest absolute Gasteiger partial charge is 0.303 e. The third-order valence-electron chi connectivity index (χ3n) is 10.1. The minimum Gasteiger partial charge on any atom is -0.481 e. The number of rotatable bonds is 9. The Balaban J connectivity index is 1.37. The second-order valence-electron chi connectivity index (χ2n) is 12.7. The van der Waals surface area contributed by atoms with Crippen molar-refractivity contribution in [3.63, 3.8) is 0 Å². The Labute approximate surface area is 219 Å². The molecule has 4 aliphatic rings. The summed E-state index contributed by atoms with van der Waals surface area (Å²) in [5.41, 5.74) is 2.82. The molecular weight excluding hydrogens is 444 g/mol. The Hall–Kier alpha value is -1.55. The maximum atomic E-state index is 11.6. The number of benzene rings is 1. The maximum absolute atomic E-state index is 11.6. The van der Waals surface area contributed by atoms with Gasteiger partial charge in [-0.05, 0) is 99.2 Å². The molecule has 1 aliphatic heterocycles. The van der Waals surface area contributed by atoms with Crippen molar-refractivity contribution in [2.45, 2.75) is 115 Å². The predicted molar refractivity (Wildman–Crippen MR) is 149 cm³/mol. The summed E-state index contributed by atoms with van der Waals surface area (Å²) in [6, 6.07) is 10.1. The quantitative estimate of drug-likeness (QED) is 0.386. The minimum atomic E-state index is -0.622. The van der Waals surface area contributed by atoms with Crippen molar-refractivity contribution in [1.29, 1.82) is 0 Å². The van der Waals surface area contributed by atoms with E-state index in [9.17, 15) is 9.90 Å². The van der Waals surface area contributed by atoms with Crippen LogP contribution in [-0.2, 0) is 4.79 Å². The van der Waals surface area contributed by atoms with Gasteiger partial charge in [0.15, 0.2) is 0 Å². The van der Waals surface area contributed by atoms with Crippen molar-refractivity contribution in [1.82, 2.24) is 4.90 Å².